The van der Waals surface area contributed by atoms with Gasteiger partial charge in [-0.1, -0.05) is 12.1 Å². The highest BCUT2D eigenvalue weighted by molar-refractivity contribution is 5.94. The molecule has 0 bridgehead atoms. The second kappa shape index (κ2) is 7.78. The molecular formula is C16H16F3N3O2. The van der Waals surface area contributed by atoms with Crippen LogP contribution in [0.5, 0.6) is 5.88 Å². The van der Waals surface area contributed by atoms with Crippen LogP contribution < -0.4 is 15.8 Å². The Balaban J connectivity index is 1.86. The number of nitrogens with zero attached hydrogens (tertiary/aromatic N) is 1. The number of carbonyl (C=O) groups excluding carboxylic acids is 1. The highest BCUT2D eigenvalue weighted by Crippen LogP contribution is 2.34. The number of benzene rings is 1. The Kier molecular flexibility index (Phi) is 5.75. The maximum Gasteiger partial charge on any atom is 0.421 e. The quantitative estimate of drug-likeness (QED) is 0.792. The Morgan fingerprint density at radius 2 is 1.92 bits per heavy atom. The third-order valence-corrected chi connectivity index (χ3v) is 3.15. The van der Waals surface area contributed by atoms with E-state index in [0.717, 1.165) is 11.6 Å². The third-order valence-electron chi connectivity index (χ3n) is 3.15. The lowest BCUT2D eigenvalue weighted by atomic mass is 10.1. The number of nitrogens with one attached hydrogen (secondary N) is 1. The molecule has 0 radical (unpaired) electrons. The number of pyridine rings is 1. The van der Waals surface area contributed by atoms with E-state index in [4.69, 9.17) is 10.5 Å². The fourth-order valence-corrected chi connectivity index (χ4v) is 1.93. The van der Waals surface area contributed by atoms with Crippen molar-refractivity contribution in [2.75, 3.05) is 13.2 Å². The number of rotatable bonds is 6. The van der Waals surface area contributed by atoms with Crippen molar-refractivity contribution in [1.29, 1.82) is 0 Å². The van der Waals surface area contributed by atoms with Crippen molar-refractivity contribution in [3.8, 4) is 5.88 Å². The van der Waals surface area contributed by atoms with Crippen molar-refractivity contribution >= 4 is 5.91 Å². The zero-order chi connectivity index (χ0) is 17.6. The number of carbonyl (C=O) groups is 1. The van der Waals surface area contributed by atoms with E-state index in [1.807, 2.05) is 0 Å². The van der Waals surface area contributed by atoms with Gasteiger partial charge < -0.3 is 15.8 Å². The van der Waals surface area contributed by atoms with Crippen LogP contribution in [0.1, 0.15) is 21.5 Å². The molecule has 0 fully saturated rings. The Labute approximate surface area is 136 Å². The van der Waals surface area contributed by atoms with Crippen LogP contribution in [0.4, 0.5) is 13.2 Å². The summed E-state index contributed by atoms with van der Waals surface area (Å²) in [6.45, 7) is 0.291. The lowest BCUT2D eigenvalue weighted by Crippen LogP contribution is -2.28. The molecule has 0 aliphatic carbocycles. The Morgan fingerprint density at radius 3 is 2.54 bits per heavy atom. The highest BCUT2D eigenvalue weighted by Gasteiger charge is 2.34. The van der Waals surface area contributed by atoms with Crippen LogP contribution >= 0.6 is 0 Å². The predicted octanol–water partition coefficient (Wildman–Crippen LogP) is 2.37. The molecule has 0 aliphatic rings. The first kappa shape index (κ1) is 17.7. The van der Waals surface area contributed by atoms with Gasteiger partial charge in [0.15, 0.2) is 0 Å². The second-order valence-electron chi connectivity index (χ2n) is 4.86. The van der Waals surface area contributed by atoms with Crippen LogP contribution in [0.2, 0.25) is 0 Å². The van der Waals surface area contributed by atoms with Gasteiger partial charge in [0, 0.05) is 18.3 Å². The topological polar surface area (TPSA) is 77.2 Å². The average molecular weight is 339 g/mol. The van der Waals surface area contributed by atoms with E-state index in [9.17, 15) is 18.0 Å². The minimum atomic E-state index is -4.54. The minimum absolute atomic E-state index is 0.0470. The van der Waals surface area contributed by atoms with E-state index in [1.54, 1.807) is 24.3 Å². The van der Waals surface area contributed by atoms with Crippen molar-refractivity contribution in [2.45, 2.75) is 12.7 Å². The Morgan fingerprint density at radius 1 is 1.21 bits per heavy atom. The van der Waals surface area contributed by atoms with Gasteiger partial charge in [0.25, 0.3) is 5.91 Å². The zero-order valence-electron chi connectivity index (χ0n) is 12.6. The number of amides is 1. The Hall–Kier alpha value is -2.61. The van der Waals surface area contributed by atoms with Gasteiger partial charge in [0.1, 0.15) is 12.2 Å². The molecule has 0 unspecified atom stereocenters. The molecule has 3 N–H and O–H groups in total. The van der Waals surface area contributed by atoms with Crippen LogP contribution in [0, 0.1) is 0 Å². The summed E-state index contributed by atoms with van der Waals surface area (Å²) in [5.74, 6) is -0.856. The minimum Gasteiger partial charge on any atom is -0.475 e. The van der Waals surface area contributed by atoms with Crippen molar-refractivity contribution in [2.24, 2.45) is 5.73 Å². The summed E-state index contributed by atoms with van der Waals surface area (Å²) in [4.78, 5) is 15.5. The second-order valence-corrected chi connectivity index (χ2v) is 4.86. The van der Waals surface area contributed by atoms with Crippen LogP contribution in [0.25, 0.3) is 0 Å². The molecule has 5 nitrogen and oxygen atoms in total. The molecule has 0 saturated heterocycles. The van der Waals surface area contributed by atoms with Gasteiger partial charge >= 0.3 is 6.18 Å². The maximum atomic E-state index is 12.8. The fourth-order valence-electron chi connectivity index (χ4n) is 1.93. The summed E-state index contributed by atoms with van der Waals surface area (Å²) in [7, 11) is 0. The maximum absolute atomic E-state index is 12.8. The molecule has 1 amide bonds. The summed E-state index contributed by atoms with van der Waals surface area (Å²) < 4.78 is 43.3. The van der Waals surface area contributed by atoms with Crippen molar-refractivity contribution in [3.05, 3.63) is 59.3 Å². The van der Waals surface area contributed by atoms with Crippen molar-refractivity contribution < 1.29 is 22.7 Å². The first-order valence-corrected chi connectivity index (χ1v) is 7.14. The third kappa shape index (κ3) is 4.69. The molecule has 1 aromatic carbocycles. The summed E-state index contributed by atoms with van der Waals surface area (Å²) >= 11 is 0. The van der Waals surface area contributed by atoms with Gasteiger partial charge in [0.2, 0.25) is 5.88 Å². The number of hydrogen-bond acceptors (Lipinski definition) is 4. The van der Waals surface area contributed by atoms with Gasteiger partial charge in [-0.05, 0) is 29.8 Å². The molecule has 24 heavy (non-hydrogen) atoms. The molecule has 0 saturated carbocycles. The summed E-state index contributed by atoms with van der Waals surface area (Å²) in [5, 5.41) is 2.56. The molecule has 2 aromatic rings. The molecule has 0 atom stereocenters. The normalized spacial score (nSPS) is 11.2. The number of aromatic nitrogens is 1. The van der Waals surface area contributed by atoms with Gasteiger partial charge in [-0.2, -0.15) is 13.2 Å². The number of alkyl halides is 3. The number of ether oxygens (including phenoxy) is 1. The van der Waals surface area contributed by atoms with Crippen LogP contribution in [0.15, 0.2) is 42.6 Å². The lowest BCUT2D eigenvalue weighted by molar-refractivity contribution is -0.139. The van der Waals surface area contributed by atoms with Gasteiger partial charge in [-0.15, -0.1) is 0 Å². The average Bonchev–Trinajstić information content (AvgIpc) is 2.58. The first-order chi connectivity index (χ1) is 11.4. The van der Waals surface area contributed by atoms with Gasteiger partial charge in [-0.3, -0.25) is 4.79 Å². The summed E-state index contributed by atoms with van der Waals surface area (Å²) in [6, 6.07) is 8.78. The lowest BCUT2D eigenvalue weighted by Gasteiger charge is -2.12. The summed E-state index contributed by atoms with van der Waals surface area (Å²) in [6.07, 6.45) is -3.33. The largest absolute Gasteiger partial charge is 0.475 e. The molecule has 128 valence electrons. The summed E-state index contributed by atoms with van der Waals surface area (Å²) in [5.41, 5.74) is 5.84. The molecular weight excluding hydrogens is 323 g/mol. The smallest absolute Gasteiger partial charge is 0.421 e. The highest BCUT2D eigenvalue weighted by atomic mass is 19.4. The first-order valence-electron chi connectivity index (χ1n) is 7.14. The van der Waals surface area contributed by atoms with Crippen molar-refractivity contribution in [1.82, 2.24) is 10.3 Å². The molecule has 1 aromatic heterocycles. The van der Waals surface area contributed by atoms with E-state index >= 15 is 0 Å². The molecule has 2 rings (SSSR count). The van der Waals surface area contributed by atoms with E-state index in [-0.39, 0.29) is 19.1 Å². The molecule has 8 heteroatoms. The molecule has 0 spiro atoms. The zero-order valence-corrected chi connectivity index (χ0v) is 12.6. The van der Waals surface area contributed by atoms with E-state index in [2.05, 4.69) is 10.3 Å². The monoisotopic (exact) mass is 339 g/mol. The van der Waals surface area contributed by atoms with E-state index in [0.29, 0.717) is 12.1 Å². The van der Waals surface area contributed by atoms with Crippen molar-refractivity contribution in [3.63, 3.8) is 0 Å². The van der Waals surface area contributed by atoms with Crippen LogP contribution in [-0.2, 0) is 12.7 Å². The predicted molar refractivity (Wildman–Crippen MR) is 81.4 cm³/mol. The van der Waals surface area contributed by atoms with E-state index in [1.165, 1.54) is 12.3 Å². The van der Waals surface area contributed by atoms with Crippen LogP contribution in [-0.4, -0.2) is 24.0 Å². The molecule has 1 heterocycles. The number of hydrogen-bond donors (Lipinski definition) is 2. The number of nitrogens with two attached hydrogens (primary N) is 1. The van der Waals surface area contributed by atoms with E-state index < -0.39 is 17.6 Å². The SMILES string of the molecule is NCc1ccc(C(=O)NCCOc2ncccc2C(F)(F)F)cc1. The Bertz CT molecular complexity index is 688. The molecule has 0 aliphatic heterocycles. The van der Waals surface area contributed by atoms with Gasteiger partial charge in [-0.25, -0.2) is 4.98 Å². The van der Waals surface area contributed by atoms with Crippen LogP contribution in [0.3, 0.4) is 0 Å². The van der Waals surface area contributed by atoms with Gasteiger partial charge in [0.05, 0.1) is 6.54 Å². The fraction of sp³-hybridized carbons (Fsp3) is 0.250. The number of halogens is 3. The standard InChI is InChI=1S/C16H16F3N3O2/c17-16(18,19)13-2-1-7-22-15(13)24-9-8-21-14(23)12-5-3-11(10-20)4-6-12/h1-7H,8-10,20H2,(H,21,23).